The van der Waals surface area contributed by atoms with Crippen LogP contribution in [-0.4, -0.2) is 42.6 Å². The number of benzene rings is 2. The van der Waals surface area contributed by atoms with Crippen molar-refractivity contribution in [2.24, 2.45) is 0 Å². The number of carbonyl (C=O) groups is 1. The fourth-order valence-electron chi connectivity index (χ4n) is 3.14. The molecule has 0 spiro atoms. The standard InChI is InChI=1S/C20H25N3O3S/c1-3-18-6-4-5-7-19(18)21-20(24)15-23-13-12-22(27(23,25)26)14-17-10-8-16(2)9-11-17/h4-11H,3,12-15H2,1-2H3,(H,21,24). The number of amides is 1. The molecule has 1 heterocycles. The third-order valence-corrected chi connectivity index (χ3v) is 6.65. The van der Waals surface area contributed by atoms with E-state index in [0.717, 1.165) is 28.8 Å². The third-order valence-electron chi connectivity index (χ3n) is 4.72. The number of nitrogens with zero attached hydrogens (tertiary/aromatic N) is 2. The van der Waals surface area contributed by atoms with Crippen molar-refractivity contribution in [2.45, 2.75) is 26.8 Å². The van der Waals surface area contributed by atoms with E-state index in [4.69, 9.17) is 0 Å². The predicted octanol–water partition coefficient (Wildman–Crippen LogP) is 2.56. The van der Waals surface area contributed by atoms with Crippen LogP contribution < -0.4 is 5.32 Å². The lowest BCUT2D eigenvalue weighted by Gasteiger charge is -2.19. The van der Waals surface area contributed by atoms with Crippen molar-refractivity contribution in [1.29, 1.82) is 0 Å². The highest BCUT2D eigenvalue weighted by molar-refractivity contribution is 7.87. The van der Waals surface area contributed by atoms with E-state index in [0.29, 0.717) is 19.6 Å². The summed E-state index contributed by atoms with van der Waals surface area (Å²) in [6.45, 7) is 4.85. The minimum Gasteiger partial charge on any atom is -0.325 e. The van der Waals surface area contributed by atoms with Crippen LogP contribution >= 0.6 is 0 Å². The van der Waals surface area contributed by atoms with Gasteiger partial charge in [-0.15, -0.1) is 0 Å². The van der Waals surface area contributed by atoms with Crippen molar-refractivity contribution in [3.05, 3.63) is 65.2 Å². The van der Waals surface area contributed by atoms with Crippen LogP contribution in [0, 0.1) is 6.92 Å². The van der Waals surface area contributed by atoms with Crippen molar-refractivity contribution in [3.63, 3.8) is 0 Å². The number of para-hydroxylation sites is 1. The molecule has 6 nitrogen and oxygen atoms in total. The molecule has 1 saturated heterocycles. The highest BCUT2D eigenvalue weighted by Crippen LogP contribution is 2.20. The van der Waals surface area contributed by atoms with Crippen LogP contribution in [0.25, 0.3) is 0 Å². The molecule has 1 aliphatic rings. The molecule has 0 atom stereocenters. The maximum absolute atomic E-state index is 12.7. The normalized spacial score (nSPS) is 17.1. The van der Waals surface area contributed by atoms with E-state index in [1.54, 1.807) is 0 Å². The first kappa shape index (κ1) is 19.5. The quantitative estimate of drug-likeness (QED) is 0.828. The van der Waals surface area contributed by atoms with Gasteiger partial charge in [-0.25, -0.2) is 0 Å². The molecule has 2 aromatic rings. The molecule has 27 heavy (non-hydrogen) atoms. The maximum Gasteiger partial charge on any atom is 0.282 e. The summed E-state index contributed by atoms with van der Waals surface area (Å²) in [5.41, 5.74) is 3.83. The highest BCUT2D eigenvalue weighted by atomic mass is 32.2. The summed E-state index contributed by atoms with van der Waals surface area (Å²) < 4.78 is 28.2. The fourth-order valence-corrected chi connectivity index (χ4v) is 4.68. The van der Waals surface area contributed by atoms with Gasteiger partial charge in [0.25, 0.3) is 10.2 Å². The predicted molar refractivity (Wildman–Crippen MR) is 107 cm³/mol. The Balaban J connectivity index is 1.64. The highest BCUT2D eigenvalue weighted by Gasteiger charge is 2.37. The van der Waals surface area contributed by atoms with E-state index in [1.165, 1.54) is 8.61 Å². The van der Waals surface area contributed by atoms with Crippen molar-refractivity contribution in [3.8, 4) is 0 Å². The summed E-state index contributed by atoms with van der Waals surface area (Å²) in [5, 5.41) is 2.83. The van der Waals surface area contributed by atoms with Crippen molar-refractivity contribution >= 4 is 21.8 Å². The summed E-state index contributed by atoms with van der Waals surface area (Å²) in [4.78, 5) is 12.4. The van der Waals surface area contributed by atoms with Gasteiger partial charge < -0.3 is 5.32 Å². The van der Waals surface area contributed by atoms with Crippen LogP contribution in [-0.2, 0) is 28.0 Å². The molecule has 0 bridgehead atoms. The van der Waals surface area contributed by atoms with Crippen LogP contribution in [0.2, 0.25) is 0 Å². The van der Waals surface area contributed by atoms with Gasteiger partial charge in [-0.2, -0.15) is 17.0 Å². The van der Waals surface area contributed by atoms with Crippen LogP contribution in [0.1, 0.15) is 23.6 Å². The van der Waals surface area contributed by atoms with Gasteiger partial charge in [0.2, 0.25) is 5.91 Å². The van der Waals surface area contributed by atoms with Gasteiger partial charge in [-0.1, -0.05) is 55.0 Å². The van der Waals surface area contributed by atoms with Crippen molar-refractivity contribution in [1.82, 2.24) is 8.61 Å². The SMILES string of the molecule is CCc1ccccc1NC(=O)CN1CCN(Cc2ccc(C)cc2)S1(=O)=O. The number of hydrogen-bond acceptors (Lipinski definition) is 3. The Kier molecular flexibility index (Phi) is 5.94. The van der Waals surface area contributed by atoms with Gasteiger partial charge in [0.15, 0.2) is 0 Å². The second kappa shape index (κ2) is 8.21. The Hall–Kier alpha value is -2.22. The maximum atomic E-state index is 12.7. The molecule has 3 rings (SSSR count). The largest absolute Gasteiger partial charge is 0.325 e. The van der Waals surface area contributed by atoms with Gasteiger partial charge >= 0.3 is 0 Å². The van der Waals surface area contributed by atoms with Gasteiger partial charge in [-0.3, -0.25) is 4.79 Å². The number of anilines is 1. The number of hydrogen-bond donors (Lipinski definition) is 1. The molecule has 1 N–H and O–H groups in total. The van der Waals surface area contributed by atoms with E-state index in [1.807, 2.05) is 62.4 Å². The Bertz CT molecular complexity index is 910. The zero-order valence-corrected chi connectivity index (χ0v) is 16.5. The van der Waals surface area contributed by atoms with E-state index in [-0.39, 0.29) is 12.5 Å². The average molecular weight is 388 g/mol. The summed E-state index contributed by atoms with van der Waals surface area (Å²) in [5.74, 6) is -0.323. The van der Waals surface area contributed by atoms with Gasteiger partial charge in [0, 0.05) is 25.3 Å². The van der Waals surface area contributed by atoms with Gasteiger partial charge in [0.1, 0.15) is 0 Å². The number of aryl methyl sites for hydroxylation is 2. The first-order chi connectivity index (χ1) is 12.9. The molecule has 1 fully saturated rings. The van der Waals surface area contributed by atoms with E-state index < -0.39 is 10.2 Å². The molecular weight excluding hydrogens is 362 g/mol. The second-order valence-corrected chi connectivity index (χ2v) is 8.65. The molecule has 7 heteroatoms. The van der Waals surface area contributed by atoms with Crippen molar-refractivity contribution in [2.75, 3.05) is 25.0 Å². The Morgan fingerprint density at radius 2 is 1.70 bits per heavy atom. The Morgan fingerprint density at radius 1 is 1.04 bits per heavy atom. The summed E-state index contributed by atoms with van der Waals surface area (Å²) in [7, 11) is -3.63. The Morgan fingerprint density at radius 3 is 2.41 bits per heavy atom. The smallest absolute Gasteiger partial charge is 0.282 e. The average Bonchev–Trinajstić information content (AvgIpc) is 2.91. The van der Waals surface area contributed by atoms with E-state index >= 15 is 0 Å². The second-order valence-electron chi connectivity index (χ2n) is 6.72. The molecule has 0 saturated carbocycles. The summed E-state index contributed by atoms with van der Waals surface area (Å²) in [6, 6.07) is 15.4. The molecule has 1 aliphatic heterocycles. The van der Waals surface area contributed by atoms with E-state index in [2.05, 4.69) is 5.32 Å². The summed E-state index contributed by atoms with van der Waals surface area (Å²) >= 11 is 0. The van der Waals surface area contributed by atoms with Crippen molar-refractivity contribution < 1.29 is 13.2 Å². The summed E-state index contributed by atoms with van der Waals surface area (Å²) in [6.07, 6.45) is 0.794. The first-order valence-electron chi connectivity index (χ1n) is 9.08. The van der Waals surface area contributed by atoms with Crippen LogP contribution in [0.5, 0.6) is 0 Å². The molecule has 1 amide bonds. The third kappa shape index (κ3) is 4.55. The van der Waals surface area contributed by atoms with Crippen LogP contribution in [0.4, 0.5) is 5.69 Å². The zero-order chi connectivity index (χ0) is 19.4. The topological polar surface area (TPSA) is 69.7 Å². The minimum atomic E-state index is -3.63. The molecular formula is C20H25N3O3S. The fraction of sp³-hybridized carbons (Fsp3) is 0.350. The van der Waals surface area contributed by atoms with Crippen LogP contribution in [0.3, 0.4) is 0 Å². The lowest BCUT2D eigenvalue weighted by atomic mass is 10.1. The van der Waals surface area contributed by atoms with Gasteiger partial charge in [-0.05, 0) is 30.5 Å². The minimum absolute atomic E-state index is 0.176. The molecule has 2 aromatic carbocycles. The lowest BCUT2D eigenvalue weighted by molar-refractivity contribution is -0.116. The first-order valence-corrected chi connectivity index (χ1v) is 10.5. The van der Waals surface area contributed by atoms with Crippen LogP contribution in [0.15, 0.2) is 48.5 Å². The Labute approximate surface area is 161 Å². The molecule has 0 radical (unpaired) electrons. The molecule has 144 valence electrons. The number of carbonyl (C=O) groups excluding carboxylic acids is 1. The van der Waals surface area contributed by atoms with E-state index in [9.17, 15) is 13.2 Å². The molecule has 0 unspecified atom stereocenters. The number of rotatable bonds is 6. The molecule has 0 aromatic heterocycles. The zero-order valence-electron chi connectivity index (χ0n) is 15.7. The molecule has 0 aliphatic carbocycles. The van der Waals surface area contributed by atoms with Gasteiger partial charge in [0.05, 0.1) is 6.54 Å². The number of nitrogens with one attached hydrogen (secondary N) is 1. The lowest BCUT2D eigenvalue weighted by Crippen LogP contribution is -2.38. The monoisotopic (exact) mass is 387 g/mol.